The standard InChI is InChI=1S/C23H28N2O6S/c1-25(21(22(26)27)13-7-8-14-24-32(2,29)30)23(28)31-15-20-18-11-5-3-9-16(18)17-10-4-6-12-19(17)20/h3-6,9-12,20-21,24H,7-8,13-15H2,1-2H3,(H,26,27). The summed E-state index contributed by atoms with van der Waals surface area (Å²) in [5.74, 6) is -1.23. The van der Waals surface area contributed by atoms with E-state index >= 15 is 0 Å². The monoisotopic (exact) mass is 460 g/mol. The second-order valence-electron chi connectivity index (χ2n) is 7.93. The van der Waals surface area contributed by atoms with E-state index in [0.717, 1.165) is 33.4 Å². The van der Waals surface area contributed by atoms with Crippen LogP contribution in [0.3, 0.4) is 0 Å². The number of amides is 1. The van der Waals surface area contributed by atoms with Gasteiger partial charge in [0.05, 0.1) is 6.26 Å². The SMILES string of the molecule is CN(C(=O)OCC1c2ccccc2-c2ccccc21)C(CCCCNS(C)(=O)=O)C(=O)O. The number of unbranched alkanes of at least 4 members (excludes halogenated alkanes) is 1. The molecule has 9 heteroatoms. The summed E-state index contributed by atoms with van der Waals surface area (Å²) in [7, 11) is -1.87. The number of carbonyl (C=O) groups excluding carboxylic acids is 1. The first-order valence-electron chi connectivity index (χ1n) is 10.4. The zero-order chi connectivity index (χ0) is 23.3. The van der Waals surface area contributed by atoms with E-state index in [4.69, 9.17) is 4.74 Å². The molecule has 0 spiro atoms. The van der Waals surface area contributed by atoms with Crippen molar-refractivity contribution in [2.75, 3.05) is 26.5 Å². The highest BCUT2D eigenvalue weighted by molar-refractivity contribution is 7.88. The molecule has 0 radical (unpaired) electrons. The lowest BCUT2D eigenvalue weighted by atomic mass is 9.98. The highest BCUT2D eigenvalue weighted by Gasteiger charge is 2.31. The third kappa shape index (κ3) is 5.66. The molecule has 172 valence electrons. The van der Waals surface area contributed by atoms with Crippen LogP contribution < -0.4 is 4.72 Å². The Labute approximate surface area is 188 Å². The van der Waals surface area contributed by atoms with Crippen LogP contribution in [0.5, 0.6) is 0 Å². The Morgan fingerprint density at radius 3 is 2.16 bits per heavy atom. The molecule has 8 nitrogen and oxygen atoms in total. The summed E-state index contributed by atoms with van der Waals surface area (Å²) in [6.07, 6.45) is 1.48. The molecule has 2 N–H and O–H groups in total. The molecule has 0 heterocycles. The van der Waals surface area contributed by atoms with Crippen LogP contribution in [0.25, 0.3) is 11.1 Å². The van der Waals surface area contributed by atoms with Gasteiger partial charge in [-0.3, -0.25) is 4.90 Å². The number of carboxylic acids is 1. The Morgan fingerprint density at radius 2 is 1.62 bits per heavy atom. The fraction of sp³-hybridized carbons (Fsp3) is 0.391. The second kappa shape index (κ2) is 10.1. The summed E-state index contributed by atoms with van der Waals surface area (Å²) >= 11 is 0. The number of nitrogens with zero attached hydrogens (tertiary/aromatic N) is 1. The van der Waals surface area contributed by atoms with Crippen LogP contribution >= 0.6 is 0 Å². The van der Waals surface area contributed by atoms with Crippen molar-refractivity contribution >= 4 is 22.1 Å². The van der Waals surface area contributed by atoms with E-state index in [0.29, 0.717) is 12.8 Å². The van der Waals surface area contributed by atoms with Crippen LogP contribution in [0, 0.1) is 0 Å². The van der Waals surface area contributed by atoms with Crippen molar-refractivity contribution < 1.29 is 27.9 Å². The summed E-state index contributed by atoms with van der Waals surface area (Å²) in [5, 5.41) is 9.56. The predicted octanol–water partition coefficient (Wildman–Crippen LogP) is 3.04. The number of nitrogens with one attached hydrogen (secondary N) is 1. The van der Waals surface area contributed by atoms with Gasteiger partial charge in [0.2, 0.25) is 10.0 Å². The summed E-state index contributed by atoms with van der Waals surface area (Å²) in [5.41, 5.74) is 4.39. The number of carbonyl (C=O) groups is 2. The van der Waals surface area contributed by atoms with Crippen LogP contribution in [0.15, 0.2) is 48.5 Å². The van der Waals surface area contributed by atoms with Crippen LogP contribution in [-0.4, -0.2) is 63.0 Å². The maximum absolute atomic E-state index is 12.6. The average molecular weight is 461 g/mol. The number of ether oxygens (including phenoxy) is 1. The van der Waals surface area contributed by atoms with Gasteiger partial charge >= 0.3 is 12.1 Å². The molecule has 0 saturated heterocycles. The first kappa shape index (κ1) is 23.7. The number of likely N-dealkylation sites (N-methyl/N-ethyl adjacent to an activating group) is 1. The lowest BCUT2D eigenvalue weighted by Crippen LogP contribution is -2.43. The van der Waals surface area contributed by atoms with E-state index in [2.05, 4.69) is 4.72 Å². The van der Waals surface area contributed by atoms with E-state index in [1.807, 2.05) is 48.5 Å². The van der Waals surface area contributed by atoms with Gasteiger partial charge in [0.1, 0.15) is 12.6 Å². The largest absolute Gasteiger partial charge is 0.480 e. The Bertz CT molecular complexity index is 1040. The van der Waals surface area contributed by atoms with Crippen LogP contribution in [0.4, 0.5) is 4.79 Å². The molecular formula is C23H28N2O6S. The molecular weight excluding hydrogens is 432 g/mol. The highest BCUT2D eigenvalue weighted by atomic mass is 32.2. The molecule has 0 saturated carbocycles. The lowest BCUT2D eigenvalue weighted by molar-refractivity contribution is -0.142. The normalized spacial score (nSPS) is 13.8. The maximum Gasteiger partial charge on any atom is 0.410 e. The predicted molar refractivity (Wildman–Crippen MR) is 121 cm³/mol. The Morgan fingerprint density at radius 1 is 1.06 bits per heavy atom. The highest BCUT2D eigenvalue weighted by Crippen LogP contribution is 2.44. The van der Waals surface area contributed by atoms with Gasteiger partial charge in [0.15, 0.2) is 0 Å². The molecule has 2 aromatic carbocycles. The van der Waals surface area contributed by atoms with E-state index in [-0.39, 0.29) is 25.5 Å². The van der Waals surface area contributed by atoms with E-state index < -0.39 is 28.1 Å². The molecule has 0 aromatic heterocycles. The molecule has 0 aliphatic heterocycles. The number of hydrogen-bond acceptors (Lipinski definition) is 5. The fourth-order valence-corrected chi connectivity index (χ4v) is 4.54. The van der Waals surface area contributed by atoms with Crippen molar-refractivity contribution in [2.45, 2.75) is 31.2 Å². The third-order valence-corrected chi connectivity index (χ3v) is 6.37. The Balaban J connectivity index is 1.59. The Kier molecular flexibility index (Phi) is 7.52. The first-order valence-corrected chi connectivity index (χ1v) is 12.3. The van der Waals surface area contributed by atoms with Gasteiger partial charge in [-0.2, -0.15) is 0 Å². The van der Waals surface area contributed by atoms with Crippen molar-refractivity contribution in [3.8, 4) is 11.1 Å². The van der Waals surface area contributed by atoms with E-state index in [1.54, 1.807) is 0 Å². The van der Waals surface area contributed by atoms with Gasteiger partial charge in [0, 0.05) is 19.5 Å². The van der Waals surface area contributed by atoms with Gasteiger partial charge in [-0.1, -0.05) is 48.5 Å². The number of aliphatic carboxylic acids is 1. The van der Waals surface area contributed by atoms with E-state index in [1.165, 1.54) is 7.05 Å². The molecule has 32 heavy (non-hydrogen) atoms. The average Bonchev–Trinajstić information content (AvgIpc) is 3.07. The molecule has 1 atom stereocenters. The number of sulfonamides is 1. The summed E-state index contributed by atoms with van der Waals surface area (Å²) in [4.78, 5) is 25.4. The van der Waals surface area contributed by atoms with Crippen molar-refractivity contribution in [1.29, 1.82) is 0 Å². The number of hydrogen-bond donors (Lipinski definition) is 2. The second-order valence-corrected chi connectivity index (χ2v) is 9.76. The Hall–Kier alpha value is -2.91. The maximum atomic E-state index is 12.6. The van der Waals surface area contributed by atoms with Crippen LogP contribution in [-0.2, 0) is 19.6 Å². The van der Waals surface area contributed by atoms with Crippen LogP contribution in [0.1, 0.15) is 36.3 Å². The molecule has 1 unspecified atom stereocenters. The smallest absolute Gasteiger partial charge is 0.410 e. The third-order valence-electron chi connectivity index (χ3n) is 5.65. The number of rotatable bonds is 10. The molecule has 2 aromatic rings. The van der Waals surface area contributed by atoms with Gasteiger partial charge < -0.3 is 9.84 Å². The molecule has 3 rings (SSSR count). The van der Waals surface area contributed by atoms with Crippen LogP contribution in [0.2, 0.25) is 0 Å². The molecule has 1 aliphatic rings. The zero-order valence-corrected chi connectivity index (χ0v) is 19.0. The quantitative estimate of drug-likeness (QED) is 0.527. The number of fused-ring (bicyclic) bond motifs is 3. The topological polar surface area (TPSA) is 113 Å². The molecule has 1 aliphatic carbocycles. The van der Waals surface area contributed by atoms with Crippen molar-refractivity contribution in [3.05, 3.63) is 59.7 Å². The fourth-order valence-electron chi connectivity index (χ4n) is 4.03. The summed E-state index contributed by atoms with van der Waals surface area (Å²) < 4.78 is 30.1. The number of benzene rings is 2. The minimum atomic E-state index is -3.28. The van der Waals surface area contributed by atoms with Crippen molar-refractivity contribution in [3.63, 3.8) is 0 Å². The number of carboxylic acid groups (broad SMARTS) is 1. The summed E-state index contributed by atoms with van der Waals surface area (Å²) in [6, 6.07) is 14.9. The van der Waals surface area contributed by atoms with Gasteiger partial charge in [-0.15, -0.1) is 0 Å². The molecule has 1 amide bonds. The van der Waals surface area contributed by atoms with Gasteiger partial charge in [0.25, 0.3) is 0 Å². The first-order chi connectivity index (χ1) is 15.2. The lowest BCUT2D eigenvalue weighted by Gasteiger charge is -2.25. The van der Waals surface area contributed by atoms with Gasteiger partial charge in [-0.05, 0) is 41.5 Å². The van der Waals surface area contributed by atoms with Gasteiger partial charge in [-0.25, -0.2) is 22.7 Å². The molecule has 0 fully saturated rings. The minimum absolute atomic E-state index is 0.106. The van der Waals surface area contributed by atoms with Crippen molar-refractivity contribution in [1.82, 2.24) is 9.62 Å². The summed E-state index contributed by atoms with van der Waals surface area (Å²) in [6.45, 7) is 0.335. The molecule has 0 bridgehead atoms. The van der Waals surface area contributed by atoms with E-state index in [9.17, 15) is 23.1 Å². The van der Waals surface area contributed by atoms with Crippen molar-refractivity contribution in [2.24, 2.45) is 0 Å². The minimum Gasteiger partial charge on any atom is -0.480 e. The zero-order valence-electron chi connectivity index (χ0n) is 18.2.